The van der Waals surface area contributed by atoms with Crippen LogP contribution in [-0.4, -0.2) is 59.4 Å². The van der Waals surface area contributed by atoms with E-state index in [-0.39, 0.29) is 23.1 Å². The van der Waals surface area contributed by atoms with Crippen LogP contribution >= 0.6 is 11.8 Å². The smallest absolute Gasteiger partial charge is 0.270 e. The monoisotopic (exact) mass is 393 g/mol. The fourth-order valence-corrected chi connectivity index (χ4v) is 5.01. The molecule has 1 N–H and O–H groups in total. The van der Waals surface area contributed by atoms with Crippen LogP contribution in [0.4, 0.5) is 11.4 Å². The predicted octanol–water partition coefficient (Wildman–Crippen LogP) is 2.91. The van der Waals surface area contributed by atoms with Gasteiger partial charge in [-0.25, -0.2) is 0 Å². The average Bonchev–Trinajstić information content (AvgIpc) is 3.17. The summed E-state index contributed by atoms with van der Waals surface area (Å²) >= 11 is 1.63. The van der Waals surface area contributed by atoms with Crippen LogP contribution in [0.25, 0.3) is 0 Å². The lowest BCUT2D eigenvalue weighted by atomic mass is 10.0. The quantitative estimate of drug-likeness (QED) is 0.540. The van der Waals surface area contributed by atoms with E-state index in [4.69, 9.17) is 0 Å². The number of anilines is 1. The largest absolute Gasteiger partial charge is 0.395 e. The molecule has 0 saturated heterocycles. The van der Waals surface area contributed by atoms with E-state index in [9.17, 15) is 20.0 Å². The molecule has 0 atom stereocenters. The van der Waals surface area contributed by atoms with Crippen LogP contribution in [0, 0.1) is 16.0 Å². The van der Waals surface area contributed by atoms with Crippen molar-refractivity contribution < 1.29 is 14.8 Å². The van der Waals surface area contributed by atoms with Gasteiger partial charge in [0.05, 0.1) is 17.2 Å². The molecule has 1 saturated carbocycles. The topological polar surface area (TPSA) is 86.9 Å². The van der Waals surface area contributed by atoms with E-state index in [0.29, 0.717) is 32.0 Å². The Labute approximate surface area is 163 Å². The first kappa shape index (κ1) is 19.9. The Bertz CT molecular complexity index is 679. The molecule has 1 amide bonds. The number of hydrogen-bond donors (Lipinski definition) is 1. The minimum Gasteiger partial charge on any atom is -0.395 e. The lowest BCUT2D eigenvalue weighted by Crippen LogP contribution is -2.42. The number of aliphatic hydroxyl groups excluding tert-OH is 1. The molecule has 148 valence electrons. The van der Waals surface area contributed by atoms with Crippen molar-refractivity contribution in [3.05, 3.63) is 28.3 Å². The molecule has 1 aliphatic carbocycles. The Morgan fingerprint density at radius 1 is 1.33 bits per heavy atom. The average molecular weight is 394 g/mol. The molecule has 7 nitrogen and oxygen atoms in total. The van der Waals surface area contributed by atoms with Gasteiger partial charge < -0.3 is 14.9 Å². The van der Waals surface area contributed by atoms with E-state index in [1.54, 1.807) is 28.8 Å². The van der Waals surface area contributed by atoms with Crippen LogP contribution in [0.5, 0.6) is 0 Å². The van der Waals surface area contributed by atoms with Gasteiger partial charge in [0.2, 0.25) is 5.91 Å². The number of hydrogen-bond acceptors (Lipinski definition) is 6. The lowest BCUT2D eigenvalue weighted by molar-refractivity contribution is -0.385. The number of benzene rings is 1. The number of carbonyl (C=O) groups excluding carboxylic acids is 1. The first-order chi connectivity index (χ1) is 13.1. The van der Waals surface area contributed by atoms with Gasteiger partial charge in [0.25, 0.3) is 5.69 Å². The number of carbonyl (C=O) groups is 1. The molecule has 0 aromatic heterocycles. The van der Waals surface area contributed by atoms with E-state index >= 15 is 0 Å². The third-order valence-corrected chi connectivity index (χ3v) is 6.44. The number of nitro benzene ring substituents is 1. The zero-order valence-electron chi connectivity index (χ0n) is 15.5. The number of aliphatic hydroxyl groups is 1. The zero-order chi connectivity index (χ0) is 19.2. The summed E-state index contributed by atoms with van der Waals surface area (Å²) in [7, 11) is 0. The lowest BCUT2D eigenvalue weighted by Gasteiger charge is -2.33. The maximum Gasteiger partial charge on any atom is 0.270 e. The Hall–Kier alpha value is -1.80. The summed E-state index contributed by atoms with van der Waals surface area (Å²) in [5.41, 5.74) is 1.10. The van der Waals surface area contributed by atoms with Crippen molar-refractivity contribution in [1.29, 1.82) is 0 Å². The van der Waals surface area contributed by atoms with Gasteiger partial charge in [-0.05, 0) is 24.8 Å². The standard InChI is InChI=1S/C19H27N3O4S/c23-11-9-21(19(24)13-15-3-1-2-4-15)8-7-20-10-12-27-18-14-16(22(25)26)5-6-17(18)20/h5-6,14-15,23H,1-4,7-13H2. The maximum absolute atomic E-state index is 12.6. The predicted molar refractivity (Wildman–Crippen MR) is 106 cm³/mol. The SMILES string of the molecule is O=C(CC1CCCC1)N(CCO)CCN1CCSc2cc([N+](=O)[O-])ccc21. The molecule has 0 unspecified atom stereocenters. The van der Waals surface area contributed by atoms with E-state index < -0.39 is 0 Å². The Balaban J connectivity index is 1.62. The summed E-state index contributed by atoms with van der Waals surface area (Å²) < 4.78 is 0. The fraction of sp³-hybridized carbons (Fsp3) is 0.632. The molecule has 1 aromatic carbocycles. The van der Waals surface area contributed by atoms with Crippen LogP contribution in [-0.2, 0) is 4.79 Å². The van der Waals surface area contributed by atoms with E-state index in [1.165, 1.54) is 18.9 Å². The van der Waals surface area contributed by atoms with Crippen LogP contribution in [0.3, 0.4) is 0 Å². The van der Waals surface area contributed by atoms with E-state index in [1.807, 2.05) is 0 Å². The number of amides is 1. The fourth-order valence-electron chi connectivity index (χ4n) is 3.93. The molecule has 1 heterocycles. The number of rotatable bonds is 8. The molecule has 2 aliphatic rings. The van der Waals surface area contributed by atoms with Gasteiger partial charge in [0.15, 0.2) is 0 Å². The van der Waals surface area contributed by atoms with Gasteiger partial charge in [-0.15, -0.1) is 11.8 Å². The Kier molecular flexibility index (Phi) is 6.95. The van der Waals surface area contributed by atoms with Crippen LogP contribution < -0.4 is 4.90 Å². The Morgan fingerprint density at radius 3 is 2.81 bits per heavy atom. The molecule has 27 heavy (non-hydrogen) atoms. The highest BCUT2D eigenvalue weighted by atomic mass is 32.2. The van der Waals surface area contributed by atoms with Gasteiger partial charge in [-0.1, -0.05) is 12.8 Å². The van der Waals surface area contributed by atoms with Crippen LogP contribution in [0.2, 0.25) is 0 Å². The Morgan fingerprint density at radius 2 is 2.11 bits per heavy atom. The number of fused-ring (bicyclic) bond motifs is 1. The summed E-state index contributed by atoms with van der Waals surface area (Å²) in [4.78, 5) is 28.1. The van der Waals surface area contributed by atoms with E-state index in [0.717, 1.165) is 35.7 Å². The summed E-state index contributed by atoms with van der Waals surface area (Å²) in [6.45, 7) is 2.41. The molecule has 0 radical (unpaired) electrons. The second kappa shape index (κ2) is 9.41. The molecular weight excluding hydrogens is 366 g/mol. The van der Waals surface area contributed by atoms with Crippen molar-refractivity contribution >= 4 is 29.0 Å². The van der Waals surface area contributed by atoms with Crippen molar-refractivity contribution in [3.8, 4) is 0 Å². The first-order valence-electron chi connectivity index (χ1n) is 9.63. The summed E-state index contributed by atoms with van der Waals surface area (Å²) in [6.07, 6.45) is 5.28. The zero-order valence-corrected chi connectivity index (χ0v) is 16.3. The van der Waals surface area contributed by atoms with Crippen LogP contribution in [0.1, 0.15) is 32.1 Å². The molecule has 8 heteroatoms. The van der Waals surface area contributed by atoms with Gasteiger partial charge in [-0.2, -0.15) is 0 Å². The molecule has 1 fully saturated rings. The van der Waals surface area contributed by atoms with Crippen molar-refractivity contribution in [3.63, 3.8) is 0 Å². The van der Waals surface area contributed by atoms with Crippen molar-refractivity contribution in [2.24, 2.45) is 5.92 Å². The normalized spacial score (nSPS) is 17.0. The van der Waals surface area contributed by atoms with Crippen molar-refractivity contribution in [2.75, 3.05) is 43.4 Å². The maximum atomic E-state index is 12.6. The third kappa shape index (κ3) is 5.13. The minimum atomic E-state index is -0.371. The highest BCUT2D eigenvalue weighted by Crippen LogP contribution is 2.37. The molecule has 1 aromatic rings. The first-order valence-corrected chi connectivity index (χ1v) is 10.6. The number of nitro groups is 1. The number of thioether (sulfide) groups is 1. The minimum absolute atomic E-state index is 0.0327. The van der Waals surface area contributed by atoms with Gasteiger partial charge in [0, 0.05) is 55.4 Å². The van der Waals surface area contributed by atoms with Crippen LogP contribution in [0.15, 0.2) is 23.1 Å². The summed E-state index contributed by atoms with van der Waals surface area (Å²) in [6, 6.07) is 4.97. The second-order valence-electron chi connectivity index (χ2n) is 7.20. The molecular formula is C19H27N3O4S. The van der Waals surface area contributed by atoms with Gasteiger partial charge >= 0.3 is 0 Å². The van der Waals surface area contributed by atoms with Gasteiger partial charge in [0.1, 0.15) is 0 Å². The summed E-state index contributed by atoms with van der Waals surface area (Å²) in [5.74, 6) is 1.49. The molecule has 1 aliphatic heterocycles. The number of non-ortho nitro benzene ring substituents is 1. The highest BCUT2D eigenvalue weighted by Gasteiger charge is 2.24. The van der Waals surface area contributed by atoms with Gasteiger partial charge in [-0.3, -0.25) is 14.9 Å². The molecule has 3 rings (SSSR count). The molecule has 0 bridgehead atoms. The van der Waals surface area contributed by atoms with E-state index in [2.05, 4.69) is 4.90 Å². The number of nitrogens with zero attached hydrogens (tertiary/aromatic N) is 3. The van der Waals surface area contributed by atoms with Crippen molar-refractivity contribution in [2.45, 2.75) is 37.0 Å². The third-order valence-electron chi connectivity index (χ3n) is 5.41. The molecule has 0 spiro atoms. The highest BCUT2D eigenvalue weighted by molar-refractivity contribution is 7.99. The second-order valence-corrected chi connectivity index (χ2v) is 8.34. The van der Waals surface area contributed by atoms with Crippen molar-refractivity contribution in [1.82, 2.24) is 4.90 Å². The summed E-state index contributed by atoms with van der Waals surface area (Å²) in [5, 5.41) is 20.3.